The van der Waals surface area contributed by atoms with Crippen LogP contribution in [0.15, 0.2) is 152 Å². The number of aliphatic hydroxyl groups is 1. The Balaban J connectivity index is 0.000000103. The average molecular weight is 2000 g/mol. The first-order valence-electron chi connectivity index (χ1n) is 49.5. The number of halogens is 7. The van der Waals surface area contributed by atoms with E-state index in [0.717, 1.165) is 234 Å². The van der Waals surface area contributed by atoms with Crippen LogP contribution in [-0.2, 0) is 66.0 Å². The number of alkyl halides is 2. The second-order valence-electron chi connectivity index (χ2n) is 40.9. The monoisotopic (exact) mass is 2000 g/mol. The van der Waals surface area contributed by atoms with Crippen LogP contribution in [0.4, 0.5) is 59.8 Å². The zero-order valence-corrected chi connectivity index (χ0v) is 82.4. The highest BCUT2D eigenvalue weighted by atomic mass is 32.2. The summed E-state index contributed by atoms with van der Waals surface area (Å²) in [6, 6.07) is 25.7. The van der Waals surface area contributed by atoms with Gasteiger partial charge >= 0.3 is 0 Å². The quantitative estimate of drug-likeness (QED) is 0.0581. The predicted molar refractivity (Wildman–Crippen MR) is 529 cm³/mol. The molecule has 0 radical (unpaired) electrons. The Hall–Kier alpha value is -13.4. The van der Waals surface area contributed by atoms with Crippen molar-refractivity contribution in [2.75, 3.05) is 122 Å². The third kappa shape index (κ3) is 21.4. The molecule has 4 saturated heterocycles. The van der Waals surface area contributed by atoms with E-state index in [2.05, 4.69) is 99.4 Å². The summed E-state index contributed by atoms with van der Waals surface area (Å²) in [5.41, 5.74) is 15.1. The van der Waals surface area contributed by atoms with Crippen molar-refractivity contribution in [3.63, 3.8) is 0 Å². The smallest absolute Gasteiger partial charge is 0.266 e. The number of aryl methyl sites for hydroxylation is 1. The molecule has 6 aromatic heterocycles. The van der Waals surface area contributed by atoms with Crippen molar-refractivity contribution in [3.05, 3.63) is 253 Å². The van der Waals surface area contributed by atoms with Gasteiger partial charge in [0.15, 0.2) is 63.7 Å². The summed E-state index contributed by atoms with van der Waals surface area (Å²) in [6.45, 7) is 21.2. The zero-order chi connectivity index (χ0) is 100. The average Bonchev–Trinajstić information content (AvgIpc) is 1.63. The Morgan fingerprint density at radius 2 is 0.745 bits per heavy atom. The molecule has 5 aromatic carbocycles. The van der Waals surface area contributed by atoms with E-state index in [4.69, 9.17) is 37.6 Å². The first kappa shape index (κ1) is 96.4. The molecule has 1 unspecified atom stereocenters. The lowest BCUT2D eigenvalue weighted by Gasteiger charge is -2.33. The number of aliphatic hydroxyl groups excluding tert-OH is 1. The standard InChI is InChI=1S/C23H22FN5O2.C22H25FN4O3.C21H23FN4O2.C20H19F3N4O.C20H21FN4O2S/c1-13-28-18-11-29(6-3-19(18)30-13)21-9-17(26-12-27-21)22-15-8-20(31-23(2)4-5-23)16(24)7-14(15)10-25-22;1-22(3-4-22)30-19-8-16-14(7-17(19)23)10-24-21(16)18-9-20(26-13-25-18)27-5-6-29-15(11-27)12-28-2;1-21(3-4-21)28-18-7-15-14(6-16(18)22)9-23-20(15)17-8-19(25-12-24-17)26-5-2-13(10-26)11-27;1-19(2-3-19)28-16-7-13-12(6-14(16)21)9-24-18(13)15-8-17(26-11-25-15)27-5-4-20(22,23)10-27;1-20(2-3-20)27-17-9-14-13(8-15(17)21)11-22-19(14)16-10-18(24-12-23-16)25-4-6-28(26)7-5-25/h7-9,12H,3-6,10-11H2,1-2H3;7-9,13,15H,3-6,10-12H2,1-2H3;6-8,12-13,27H,2-5,9-11H2,1H3;6-8,11H,2-5,9-10H2,1H3;8-10,12H,2-7,11H2,1H3/t;;13-;;/m..1../s1. The fourth-order valence-electron chi connectivity index (χ4n) is 19.2. The number of methoxy groups -OCH3 is 1. The van der Waals surface area contributed by atoms with Crippen molar-refractivity contribution in [2.24, 2.45) is 30.9 Å². The van der Waals surface area contributed by atoms with E-state index in [1.807, 2.05) is 65.8 Å². The summed E-state index contributed by atoms with van der Waals surface area (Å²) in [6.07, 6.45) is 18.5. The van der Waals surface area contributed by atoms with Crippen LogP contribution in [0.3, 0.4) is 0 Å². The molecule has 26 rings (SSSR count). The minimum absolute atomic E-state index is 0.0122. The number of aliphatic imine (C=N–C) groups is 5. The van der Waals surface area contributed by atoms with Gasteiger partial charge in [-0.1, -0.05) is 0 Å². The minimum atomic E-state index is -2.70. The van der Waals surface area contributed by atoms with Gasteiger partial charge in [0, 0.05) is 172 Å². The third-order valence-corrected chi connectivity index (χ3v) is 30.2. The molecule has 39 heteroatoms. The number of ether oxygens (including phenoxy) is 7. The molecule has 2 atom stereocenters. The molecule has 9 fully saturated rings. The van der Waals surface area contributed by atoms with Crippen LogP contribution in [0, 0.1) is 41.9 Å². The summed E-state index contributed by atoms with van der Waals surface area (Å²) < 4.78 is 157. The fourth-order valence-corrected chi connectivity index (χ4v) is 20.2. The molecule has 754 valence electrons. The van der Waals surface area contributed by atoms with E-state index in [0.29, 0.717) is 112 Å². The van der Waals surface area contributed by atoms with Crippen LogP contribution in [0.2, 0.25) is 0 Å². The highest BCUT2D eigenvalue weighted by Gasteiger charge is 2.47. The first-order valence-corrected chi connectivity index (χ1v) is 51.0. The van der Waals surface area contributed by atoms with Gasteiger partial charge in [0.2, 0.25) is 0 Å². The van der Waals surface area contributed by atoms with Crippen molar-refractivity contribution in [1.82, 2.24) is 54.8 Å². The van der Waals surface area contributed by atoms with Gasteiger partial charge in [-0.3, -0.25) is 29.2 Å². The van der Waals surface area contributed by atoms with Gasteiger partial charge in [-0.25, -0.2) is 85.6 Å². The number of rotatable bonds is 23. The van der Waals surface area contributed by atoms with Crippen molar-refractivity contribution >= 4 is 68.4 Å². The summed E-state index contributed by atoms with van der Waals surface area (Å²) in [5.74, 6) is 3.87. The van der Waals surface area contributed by atoms with Crippen LogP contribution in [0.25, 0.3) is 0 Å². The second-order valence-corrected chi connectivity index (χ2v) is 42.6. The maximum Gasteiger partial charge on any atom is 0.266 e. The topological polar surface area (TPSA) is 335 Å². The number of benzene rings is 5. The van der Waals surface area contributed by atoms with E-state index in [1.54, 1.807) is 67.4 Å². The minimum Gasteiger partial charge on any atom is -0.484 e. The van der Waals surface area contributed by atoms with Crippen LogP contribution in [0.5, 0.6) is 28.7 Å². The van der Waals surface area contributed by atoms with Gasteiger partial charge < -0.3 is 67.2 Å². The molecule has 0 bridgehead atoms. The summed E-state index contributed by atoms with van der Waals surface area (Å²) in [5, 5.41) is 9.38. The van der Waals surface area contributed by atoms with E-state index >= 15 is 0 Å². The molecule has 5 aliphatic carbocycles. The van der Waals surface area contributed by atoms with Crippen LogP contribution in [0.1, 0.15) is 213 Å². The van der Waals surface area contributed by atoms with E-state index in [1.165, 1.54) is 43.0 Å². The molecule has 31 nitrogen and oxygen atoms in total. The molecule has 11 aromatic rings. The molecule has 1 N–H and O–H groups in total. The predicted octanol–water partition coefficient (Wildman–Crippen LogP) is 15.4. The molecule has 5 saturated carbocycles. The number of morpholine rings is 1. The fraction of sp³-hybridized carbons (Fsp3) is 0.453. The third-order valence-electron chi connectivity index (χ3n) is 29.0. The maximum absolute atomic E-state index is 14.5. The zero-order valence-electron chi connectivity index (χ0n) is 81.6. The van der Waals surface area contributed by atoms with Gasteiger partial charge in [0.1, 0.15) is 100 Å². The lowest BCUT2D eigenvalue weighted by atomic mass is 10.0. The first-order chi connectivity index (χ1) is 69.9. The number of anilines is 5. The van der Waals surface area contributed by atoms with E-state index in [9.17, 15) is 40.0 Å². The Morgan fingerprint density at radius 3 is 1.07 bits per heavy atom. The van der Waals surface area contributed by atoms with Gasteiger partial charge in [0.25, 0.3) is 5.92 Å². The molecule has 0 spiro atoms. The SMILES string of the molecule is CC1(Oc2cc3c(cc2F)CN=C3c2cc(N3CCC(F)(F)C3)ncn2)CC1.CC1(Oc2cc3c(cc2F)CN=C3c2cc(N3CCS(=O)CC3)ncn2)CC1.CC1(Oc2cc3c(cc2F)CN=C3c2cc(N3CC[C@@H](CO)C3)ncn2)CC1.COCC1CN(c2cc(C3=NCc4cc(F)c(OC5(C)CC5)cc43)ncn2)CCO1.Cc1nc2c(o1)CCN(c1cc(C3=NCc4cc(F)c(OC5(C)CC5)cc43)ncn1)C2. The lowest BCUT2D eigenvalue weighted by molar-refractivity contribution is -0.0102. The van der Waals surface area contributed by atoms with Gasteiger partial charge in [-0.05, 0) is 194 Å². The van der Waals surface area contributed by atoms with E-state index < -0.39 is 22.5 Å². The highest BCUT2D eigenvalue weighted by molar-refractivity contribution is 7.85. The number of oxazole rings is 1. The van der Waals surface area contributed by atoms with Crippen molar-refractivity contribution < 1.29 is 77.6 Å². The Bertz CT molecular complexity index is 7080. The summed E-state index contributed by atoms with van der Waals surface area (Å²) >= 11 is 0. The summed E-state index contributed by atoms with van der Waals surface area (Å²) in [4.78, 5) is 81.5. The second kappa shape index (κ2) is 38.9. The molecular formula is C106H110F7N21O10S. The maximum atomic E-state index is 14.5. The lowest BCUT2D eigenvalue weighted by Crippen LogP contribution is -2.44. The number of hydrogen-bond acceptors (Lipinski definition) is 31. The van der Waals surface area contributed by atoms with Crippen LogP contribution >= 0.6 is 0 Å². The molecule has 10 aliphatic heterocycles. The Morgan fingerprint density at radius 1 is 0.407 bits per heavy atom. The number of aromatic nitrogens is 11. The van der Waals surface area contributed by atoms with Crippen molar-refractivity contribution in [3.8, 4) is 28.7 Å². The van der Waals surface area contributed by atoms with Crippen LogP contribution in [-0.4, -0.2) is 230 Å². The normalized spacial score (nSPS) is 20.9. The molecular weight excluding hydrogens is 1890 g/mol. The van der Waals surface area contributed by atoms with Crippen molar-refractivity contribution in [1.29, 1.82) is 0 Å². The largest absolute Gasteiger partial charge is 0.484 e. The molecule has 16 heterocycles. The number of nitrogens with zero attached hydrogens (tertiary/aromatic N) is 21. The van der Waals surface area contributed by atoms with Gasteiger partial charge in [-0.15, -0.1) is 0 Å². The van der Waals surface area contributed by atoms with Crippen LogP contribution < -0.4 is 48.2 Å². The van der Waals surface area contributed by atoms with Gasteiger partial charge in [-0.2, -0.15) is 0 Å². The molecule has 145 heavy (non-hydrogen) atoms. The molecule has 15 aliphatic rings. The summed E-state index contributed by atoms with van der Waals surface area (Å²) in [7, 11) is 0.933. The Kier molecular flexibility index (Phi) is 25.8. The van der Waals surface area contributed by atoms with Gasteiger partial charge in [0.05, 0.1) is 122 Å². The number of fused-ring (bicyclic) bond motifs is 6. The van der Waals surface area contributed by atoms with E-state index in [-0.39, 0.29) is 118 Å². The van der Waals surface area contributed by atoms with Crippen molar-refractivity contribution in [2.45, 2.75) is 204 Å². The Labute approximate surface area is 835 Å². The molecule has 0 amide bonds. The number of hydrogen-bond donors (Lipinski definition) is 1. The highest BCUT2D eigenvalue weighted by Crippen LogP contribution is 2.48.